The van der Waals surface area contributed by atoms with Gasteiger partial charge in [0, 0.05) is 13.0 Å². The van der Waals surface area contributed by atoms with Crippen molar-refractivity contribution in [3.63, 3.8) is 0 Å². The molecule has 0 radical (unpaired) electrons. The second-order valence-electron chi connectivity index (χ2n) is 9.04. The van der Waals surface area contributed by atoms with Gasteiger partial charge in [0.2, 0.25) is 5.91 Å². The Morgan fingerprint density at radius 3 is 2.28 bits per heavy atom. The average Bonchev–Trinajstić information content (AvgIpc) is 2.96. The first-order valence-corrected chi connectivity index (χ1v) is 13.2. The van der Waals surface area contributed by atoms with Crippen LogP contribution in [0.4, 0.5) is 0 Å². The van der Waals surface area contributed by atoms with Crippen LogP contribution in [-0.4, -0.2) is 39.5 Å². The van der Waals surface area contributed by atoms with E-state index in [4.69, 9.17) is 14.5 Å². The number of hydrogen-bond donors (Lipinski definition) is 0. The number of nitrogens with zero attached hydrogens (tertiary/aromatic N) is 3. The molecule has 8 nitrogen and oxygen atoms in total. The number of para-hydroxylation sites is 1. The molecule has 0 saturated heterocycles. The van der Waals surface area contributed by atoms with Crippen LogP contribution in [0.5, 0.6) is 5.75 Å². The first kappa shape index (κ1) is 27.6. The van der Waals surface area contributed by atoms with Crippen LogP contribution < -0.4 is 10.3 Å². The number of aromatic nitrogens is 2. The van der Waals surface area contributed by atoms with E-state index in [0.29, 0.717) is 34.8 Å². The highest BCUT2D eigenvalue weighted by Crippen LogP contribution is 2.26. The van der Waals surface area contributed by atoms with E-state index in [9.17, 15) is 14.4 Å². The summed E-state index contributed by atoms with van der Waals surface area (Å²) in [7, 11) is 0. The second-order valence-corrected chi connectivity index (χ2v) is 9.04. The lowest BCUT2D eigenvalue weighted by molar-refractivity contribution is -0.146. The standard InChI is InChI=1S/C31H33N3O5/c1-4-38-25-17-15-24(16-18-25)34-30(32-27-14-10-9-13-26(27)31(34)37)22(3)33(21-23-11-7-6-8-12-23)28(35)19-20-29(36)39-5-2/h6-18,22H,4-5,19-21H2,1-3H3. The Morgan fingerprint density at radius 2 is 1.59 bits per heavy atom. The third kappa shape index (κ3) is 6.52. The van der Waals surface area contributed by atoms with Gasteiger partial charge in [0.05, 0.1) is 42.3 Å². The van der Waals surface area contributed by atoms with Crippen LogP contribution in [-0.2, 0) is 20.9 Å². The van der Waals surface area contributed by atoms with Crippen molar-refractivity contribution in [1.29, 1.82) is 0 Å². The van der Waals surface area contributed by atoms with Crippen molar-refractivity contribution in [2.45, 2.75) is 46.2 Å². The van der Waals surface area contributed by atoms with Gasteiger partial charge < -0.3 is 14.4 Å². The van der Waals surface area contributed by atoms with E-state index < -0.39 is 12.0 Å². The number of hydrogen-bond acceptors (Lipinski definition) is 6. The fourth-order valence-electron chi connectivity index (χ4n) is 4.48. The van der Waals surface area contributed by atoms with Gasteiger partial charge in [-0.05, 0) is 62.7 Å². The highest BCUT2D eigenvalue weighted by molar-refractivity contribution is 5.82. The Hall–Kier alpha value is -4.46. The Balaban J connectivity index is 1.81. The van der Waals surface area contributed by atoms with E-state index in [1.807, 2.05) is 62.4 Å². The molecule has 0 spiro atoms. The molecule has 202 valence electrons. The molecule has 1 amide bonds. The summed E-state index contributed by atoms with van der Waals surface area (Å²) in [6, 6.07) is 23.4. The van der Waals surface area contributed by atoms with Gasteiger partial charge in [-0.1, -0.05) is 42.5 Å². The maximum atomic E-state index is 13.8. The maximum absolute atomic E-state index is 13.8. The number of amides is 1. The van der Waals surface area contributed by atoms with Crippen molar-refractivity contribution in [2.24, 2.45) is 0 Å². The van der Waals surface area contributed by atoms with Crippen LogP contribution in [0, 0.1) is 0 Å². The second kappa shape index (κ2) is 12.9. The van der Waals surface area contributed by atoms with E-state index in [-0.39, 0.29) is 37.5 Å². The van der Waals surface area contributed by atoms with Crippen LogP contribution in [0.25, 0.3) is 16.6 Å². The first-order chi connectivity index (χ1) is 18.9. The molecule has 1 aromatic heterocycles. The lowest BCUT2D eigenvalue weighted by atomic mass is 10.1. The number of rotatable bonds is 11. The molecule has 8 heteroatoms. The van der Waals surface area contributed by atoms with Gasteiger partial charge in [-0.15, -0.1) is 0 Å². The number of carbonyl (C=O) groups excluding carboxylic acids is 2. The Bertz CT molecular complexity index is 1480. The zero-order chi connectivity index (χ0) is 27.8. The predicted molar refractivity (Wildman–Crippen MR) is 150 cm³/mol. The van der Waals surface area contributed by atoms with Gasteiger partial charge in [-0.3, -0.25) is 19.0 Å². The lowest BCUT2D eigenvalue weighted by Gasteiger charge is -2.31. The highest BCUT2D eigenvalue weighted by Gasteiger charge is 2.27. The van der Waals surface area contributed by atoms with Crippen molar-refractivity contribution >= 4 is 22.8 Å². The molecule has 0 fully saturated rings. The summed E-state index contributed by atoms with van der Waals surface area (Å²) in [5, 5.41) is 0.477. The molecule has 3 aromatic carbocycles. The van der Waals surface area contributed by atoms with Gasteiger partial charge in [0.1, 0.15) is 11.6 Å². The molecule has 0 saturated carbocycles. The summed E-state index contributed by atoms with van der Waals surface area (Å²) in [6.07, 6.45) is -0.0433. The SMILES string of the molecule is CCOC(=O)CCC(=O)N(Cc1ccccc1)C(C)c1nc2ccccc2c(=O)n1-c1ccc(OCC)cc1. The average molecular weight is 528 g/mol. The van der Waals surface area contributed by atoms with Crippen LogP contribution >= 0.6 is 0 Å². The van der Waals surface area contributed by atoms with Crippen molar-refractivity contribution in [3.05, 3.63) is 101 Å². The van der Waals surface area contributed by atoms with Crippen LogP contribution in [0.3, 0.4) is 0 Å². The fraction of sp³-hybridized carbons (Fsp3) is 0.290. The first-order valence-electron chi connectivity index (χ1n) is 13.2. The van der Waals surface area contributed by atoms with E-state index in [2.05, 4.69) is 0 Å². The topological polar surface area (TPSA) is 90.7 Å². The molecular weight excluding hydrogens is 494 g/mol. The zero-order valence-corrected chi connectivity index (χ0v) is 22.5. The van der Waals surface area contributed by atoms with E-state index in [0.717, 1.165) is 5.56 Å². The minimum atomic E-state index is -0.594. The molecule has 0 aliphatic heterocycles. The molecule has 39 heavy (non-hydrogen) atoms. The molecular formula is C31H33N3O5. The van der Waals surface area contributed by atoms with Crippen LogP contribution in [0.15, 0.2) is 83.7 Å². The molecule has 4 rings (SSSR count). The number of benzene rings is 3. The fourth-order valence-corrected chi connectivity index (χ4v) is 4.48. The van der Waals surface area contributed by atoms with E-state index >= 15 is 0 Å². The van der Waals surface area contributed by atoms with Gasteiger partial charge in [-0.25, -0.2) is 4.98 Å². The smallest absolute Gasteiger partial charge is 0.306 e. The van der Waals surface area contributed by atoms with E-state index in [1.165, 1.54) is 0 Å². The van der Waals surface area contributed by atoms with E-state index in [1.54, 1.807) is 46.7 Å². The Labute approximate surface area is 227 Å². The van der Waals surface area contributed by atoms with Gasteiger partial charge in [0.15, 0.2) is 0 Å². The molecule has 1 unspecified atom stereocenters. The normalized spacial score (nSPS) is 11.7. The number of esters is 1. The molecule has 0 bridgehead atoms. The van der Waals surface area contributed by atoms with Gasteiger partial charge in [-0.2, -0.15) is 0 Å². The maximum Gasteiger partial charge on any atom is 0.306 e. The summed E-state index contributed by atoms with van der Waals surface area (Å²) in [4.78, 5) is 46.0. The monoisotopic (exact) mass is 527 g/mol. The molecule has 4 aromatic rings. The predicted octanol–water partition coefficient (Wildman–Crippen LogP) is 5.22. The van der Waals surface area contributed by atoms with Crippen molar-refractivity contribution < 1.29 is 19.1 Å². The minimum Gasteiger partial charge on any atom is -0.494 e. The van der Waals surface area contributed by atoms with Crippen LogP contribution in [0.2, 0.25) is 0 Å². The van der Waals surface area contributed by atoms with Crippen molar-refractivity contribution in [2.75, 3.05) is 13.2 Å². The highest BCUT2D eigenvalue weighted by atomic mass is 16.5. The molecule has 0 aliphatic carbocycles. The third-order valence-corrected chi connectivity index (χ3v) is 6.41. The number of ether oxygens (including phenoxy) is 2. The van der Waals surface area contributed by atoms with Crippen molar-refractivity contribution in [1.82, 2.24) is 14.5 Å². The molecule has 1 heterocycles. The quantitative estimate of drug-likeness (QED) is 0.249. The molecule has 0 aliphatic rings. The number of carbonyl (C=O) groups is 2. The Kier molecular flexibility index (Phi) is 9.10. The summed E-state index contributed by atoms with van der Waals surface area (Å²) in [5.41, 5.74) is 1.85. The lowest BCUT2D eigenvalue weighted by Crippen LogP contribution is -2.37. The van der Waals surface area contributed by atoms with Crippen molar-refractivity contribution in [3.8, 4) is 11.4 Å². The summed E-state index contributed by atoms with van der Waals surface area (Å²) in [6.45, 7) is 6.57. The summed E-state index contributed by atoms with van der Waals surface area (Å²) in [5.74, 6) is 0.453. The summed E-state index contributed by atoms with van der Waals surface area (Å²) < 4.78 is 12.2. The van der Waals surface area contributed by atoms with Gasteiger partial charge in [0.25, 0.3) is 5.56 Å². The van der Waals surface area contributed by atoms with Gasteiger partial charge >= 0.3 is 5.97 Å². The largest absolute Gasteiger partial charge is 0.494 e. The third-order valence-electron chi connectivity index (χ3n) is 6.41. The zero-order valence-electron chi connectivity index (χ0n) is 22.5. The molecule has 1 atom stereocenters. The summed E-state index contributed by atoms with van der Waals surface area (Å²) >= 11 is 0. The number of fused-ring (bicyclic) bond motifs is 1. The van der Waals surface area contributed by atoms with Crippen LogP contribution in [0.1, 0.15) is 51.0 Å². The minimum absolute atomic E-state index is 0.0170. The Morgan fingerprint density at radius 1 is 0.897 bits per heavy atom. The molecule has 0 N–H and O–H groups in total.